The molecule has 1 aromatic carbocycles. The van der Waals surface area contributed by atoms with Crippen LogP contribution >= 0.6 is 27.3 Å². The van der Waals surface area contributed by atoms with E-state index in [-0.39, 0.29) is 5.56 Å². The molecular weight excluding hydrogens is 450 g/mol. The van der Waals surface area contributed by atoms with Gasteiger partial charge in [-0.3, -0.25) is 4.79 Å². The number of rotatable bonds is 3. The quantitative estimate of drug-likeness (QED) is 0.371. The van der Waals surface area contributed by atoms with Crippen molar-refractivity contribution < 1.29 is 4.42 Å². The average Bonchev–Trinajstić information content (AvgIpc) is 3.32. The van der Waals surface area contributed by atoms with Crippen LogP contribution in [0.1, 0.15) is 34.9 Å². The standard InChI is InChI=1S/C22H18BrN3O2S/c1-13-25-21-20(17-7-2-3-8-19(17)29-21)22(27)26(13)24-12-16-9-10-18(28-16)14-5-4-6-15(23)11-14/h4-6,9-12H,2-3,7-8H2,1H3/b24-12-. The largest absolute Gasteiger partial charge is 0.455 e. The van der Waals surface area contributed by atoms with Crippen LogP contribution in [0.5, 0.6) is 0 Å². The molecule has 0 unspecified atom stereocenters. The van der Waals surface area contributed by atoms with Gasteiger partial charge < -0.3 is 4.42 Å². The van der Waals surface area contributed by atoms with Crippen molar-refractivity contribution in [2.45, 2.75) is 32.6 Å². The van der Waals surface area contributed by atoms with E-state index in [4.69, 9.17) is 4.42 Å². The minimum atomic E-state index is -0.0954. The summed E-state index contributed by atoms with van der Waals surface area (Å²) in [6.45, 7) is 1.81. The Balaban J connectivity index is 1.52. The molecule has 146 valence electrons. The van der Waals surface area contributed by atoms with Gasteiger partial charge in [0.15, 0.2) is 0 Å². The predicted molar refractivity (Wildman–Crippen MR) is 120 cm³/mol. The normalized spacial score (nSPS) is 14.0. The molecule has 0 saturated heterocycles. The van der Waals surface area contributed by atoms with E-state index in [0.717, 1.165) is 45.3 Å². The highest BCUT2D eigenvalue weighted by molar-refractivity contribution is 9.10. The van der Waals surface area contributed by atoms with Crippen LogP contribution in [0.2, 0.25) is 0 Å². The monoisotopic (exact) mass is 467 g/mol. The van der Waals surface area contributed by atoms with E-state index in [0.29, 0.717) is 11.6 Å². The second-order valence-corrected chi connectivity index (χ2v) is 9.12. The van der Waals surface area contributed by atoms with E-state index in [1.165, 1.54) is 21.5 Å². The van der Waals surface area contributed by atoms with E-state index >= 15 is 0 Å². The van der Waals surface area contributed by atoms with Crippen molar-refractivity contribution >= 4 is 43.7 Å². The van der Waals surface area contributed by atoms with Crippen molar-refractivity contribution in [2.24, 2.45) is 5.10 Å². The van der Waals surface area contributed by atoms with Crippen molar-refractivity contribution in [1.82, 2.24) is 9.66 Å². The molecule has 29 heavy (non-hydrogen) atoms. The number of benzene rings is 1. The summed E-state index contributed by atoms with van der Waals surface area (Å²) in [4.78, 5) is 19.9. The highest BCUT2D eigenvalue weighted by Crippen LogP contribution is 2.33. The van der Waals surface area contributed by atoms with Crippen LogP contribution in [0, 0.1) is 6.92 Å². The summed E-state index contributed by atoms with van der Waals surface area (Å²) in [6, 6.07) is 11.6. The summed E-state index contributed by atoms with van der Waals surface area (Å²) in [5.41, 5.74) is 2.05. The Hall–Kier alpha value is -2.51. The van der Waals surface area contributed by atoms with Crippen LogP contribution in [0.3, 0.4) is 0 Å². The van der Waals surface area contributed by atoms with Gasteiger partial charge in [0.2, 0.25) is 0 Å². The van der Waals surface area contributed by atoms with Gasteiger partial charge in [-0.25, -0.2) is 4.98 Å². The lowest BCUT2D eigenvalue weighted by Gasteiger charge is -2.10. The first kappa shape index (κ1) is 18.5. The third-order valence-corrected chi connectivity index (χ3v) is 6.84. The minimum Gasteiger partial charge on any atom is -0.455 e. The van der Waals surface area contributed by atoms with Gasteiger partial charge in [0.25, 0.3) is 5.56 Å². The predicted octanol–water partition coefficient (Wildman–Crippen LogP) is 5.55. The highest BCUT2D eigenvalue weighted by Gasteiger charge is 2.21. The van der Waals surface area contributed by atoms with E-state index in [9.17, 15) is 4.79 Å². The fourth-order valence-electron chi connectivity index (χ4n) is 3.77. The molecular formula is C22H18BrN3O2S. The number of halogens is 1. The lowest BCUT2D eigenvalue weighted by Crippen LogP contribution is -2.21. The molecule has 0 amide bonds. The van der Waals surface area contributed by atoms with Gasteiger partial charge in [-0.05, 0) is 62.4 Å². The van der Waals surface area contributed by atoms with Crippen molar-refractivity contribution in [2.75, 3.05) is 0 Å². The Morgan fingerprint density at radius 2 is 2.10 bits per heavy atom. The first-order chi connectivity index (χ1) is 14.1. The number of furan rings is 1. The van der Waals surface area contributed by atoms with Crippen molar-refractivity contribution in [3.8, 4) is 11.3 Å². The number of nitrogens with zero attached hydrogens (tertiary/aromatic N) is 3. The second kappa shape index (κ2) is 7.39. The minimum absolute atomic E-state index is 0.0954. The summed E-state index contributed by atoms with van der Waals surface area (Å²) < 4.78 is 8.25. The van der Waals surface area contributed by atoms with Gasteiger partial charge in [-0.2, -0.15) is 9.78 Å². The lowest BCUT2D eigenvalue weighted by molar-refractivity contribution is 0.573. The molecule has 0 spiro atoms. The number of aromatic nitrogens is 2. The molecule has 0 bridgehead atoms. The second-order valence-electron chi connectivity index (χ2n) is 7.12. The average molecular weight is 468 g/mol. The number of fused-ring (bicyclic) bond motifs is 3. The Labute approximate surface area is 179 Å². The molecule has 0 atom stereocenters. The summed E-state index contributed by atoms with van der Waals surface area (Å²) in [6.07, 6.45) is 5.88. The van der Waals surface area contributed by atoms with Gasteiger partial charge in [0.1, 0.15) is 22.2 Å². The van der Waals surface area contributed by atoms with Crippen LogP contribution in [-0.4, -0.2) is 15.9 Å². The smallest absolute Gasteiger partial charge is 0.283 e. The van der Waals surface area contributed by atoms with Gasteiger partial charge >= 0.3 is 0 Å². The summed E-state index contributed by atoms with van der Waals surface area (Å²) >= 11 is 5.13. The van der Waals surface area contributed by atoms with E-state index in [1.807, 2.05) is 43.3 Å². The molecule has 0 aliphatic heterocycles. The molecule has 0 saturated carbocycles. The number of thiophene rings is 1. The number of hydrogen-bond acceptors (Lipinski definition) is 5. The topological polar surface area (TPSA) is 60.4 Å². The summed E-state index contributed by atoms with van der Waals surface area (Å²) in [5, 5.41) is 5.13. The molecule has 4 aromatic rings. The molecule has 0 radical (unpaired) electrons. The zero-order valence-corrected chi connectivity index (χ0v) is 18.2. The summed E-state index contributed by atoms with van der Waals surface area (Å²) in [7, 11) is 0. The van der Waals surface area contributed by atoms with Gasteiger partial charge in [-0.15, -0.1) is 11.3 Å². The molecule has 1 aliphatic rings. The maximum absolute atomic E-state index is 13.1. The molecule has 3 aromatic heterocycles. The lowest BCUT2D eigenvalue weighted by atomic mass is 9.97. The van der Waals surface area contributed by atoms with Crippen molar-refractivity contribution in [1.29, 1.82) is 0 Å². The van der Waals surface area contributed by atoms with Crippen LogP contribution in [0.25, 0.3) is 21.5 Å². The molecule has 0 N–H and O–H groups in total. The zero-order chi connectivity index (χ0) is 20.0. The van der Waals surface area contributed by atoms with Crippen LogP contribution in [0.4, 0.5) is 0 Å². The van der Waals surface area contributed by atoms with Crippen LogP contribution in [0.15, 0.2) is 55.2 Å². The molecule has 1 aliphatic carbocycles. The fraction of sp³-hybridized carbons (Fsp3) is 0.227. The van der Waals surface area contributed by atoms with Gasteiger partial charge in [0, 0.05) is 14.9 Å². The maximum atomic E-state index is 13.1. The first-order valence-corrected chi connectivity index (χ1v) is 11.1. The zero-order valence-electron chi connectivity index (χ0n) is 15.8. The SMILES string of the molecule is Cc1nc2sc3c(c2c(=O)n1/N=C\c1ccc(-c2cccc(Br)c2)o1)CCCC3. The van der Waals surface area contributed by atoms with Crippen molar-refractivity contribution in [3.05, 3.63) is 73.2 Å². The molecule has 0 fully saturated rings. The first-order valence-electron chi connectivity index (χ1n) is 9.54. The van der Waals surface area contributed by atoms with Gasteiger partial charge in [0.05, 0.1) is 11.6 Å². The molecule has 3 heterocycles. The van der Waals surface area contributed by atoms with Gasteiger partial charge in [-0.1, -0.05) is 28.1 Å². The molecule has 7 heteroatoms. The van der Waals surface area contributed by atoms with Crippen LogP contribution < -0.4 is 5.56 Å². The highest BCUT2D eigenvalue weighted by atomic mass is 79.9. The molecule has 5 nitrogen and oxygen atoms in total. The van der Waals surface area contributed by atoms with E-state index in [2.05, 4.69) is 26.0 Å². The number of hydrogen-bond donors (Lipinski definition) is 0. The number of aryl methyl sites for hydroxylation is 3. The van der Waals surface area contributed by atoms with E-state index in [1.54, 1.807) is 17.6 Å². The molecule has 5 rings (SSSR count). The Bertz CT molecular complexity index is 1320. The van der Waals surface area contributed by atoms with E-state index < -0.39 is 0 Å². The third kappa shape index (κ3) is 3.38. The summed E-state index contributed by atoms with van der Waals surface area (Å²) in [5.74, 6) is 1.91. The van der Waals surface area contributed by atoms with Crippen LogP contribution in [-0.2, 0) is 12.8 Å². The fourth-order valence-corrected chi connectivity index (χ4v) is 5.46. The maximum Gasteiger partial charge on any atom is 0.283 e. The Morgan fingerprint density at radius 1 is 1.24 bits per heavy atom. The Kier molecular flexibility index (Phi) is 4.72. The third-order valence-electron chi connectivity index (χ3n) is 5.17. The Morgan fingerprint density at radius 3 is 2.97 bits per heavy atom. The van der Waals surface area contributed by atoms with Crippen molar-refractivity contribution in [3.63, 3.8) is 0 Å².